The highest BCUT2D eigenvalue weighted by Gasteiger charge is 2.33. The zero-order chi connectivity index (χ0) is 14.3. The highest BCUT2D eigenvalue weighted by atomic mass is 16.5. The first-order chi connectivity index (χ1) is 9.56. The predicted octanol–water partition coefficient (Wildman–Crippen LogP) is 0.210. The van der Waals surface area contributed by atoms with Crippen LogP contribution in [0.4, 0.5) is 0 Å². The highest BCUT2D eigenvalue weighted by molar-refractivity contribution is 5.77. The van der Waals surface area contributed by atoms with E-state index in [2.05, 4.69) is 9.97 Å². The number of hydrogen-bond acceptors (Lipinski definition) is 5. The van der Waals surface area contributed by atoms with Crippen molar-refractivity contribution >= 4 is 5.97 Å². The molecule has 0 bridgehead atoms. The fourth-order valence-electron chi connectivity index (χ4n) is 2.34. The Morgan fingerprint density at radius 1 is 1.15 bits per heavy atom. The summed E-state index contributed by atoms with van der Waals surface area (Å²) in [5.41, 5.74) is -0.822. The Labute approximate surface area is 111 Å². The van der Waals surface area contributed by atoms with Crippen LogP contribution in [0.25, 0.3) is 0 Å². The average Bonchev–Trinajstić information content (AvgIpc) is 2.37. The molecule has 1 aromatic heterocycles. The van der Waals surface area contributed by atoms with E-state index < -0.39 is 23.1 Å². The zero-order valence-corrected chi connectivity index (χ0v) is 10.2. The molecule has 0 saturated heterocycles. The summed E-state index contributed by atoms with van der Waals surface area (Å²) in [6, 6.07) is 6.41. The van der Waals surface area contributed by atoms with E-state index in [1.54, 1.807) is 18.2 Å². The van der Waals surface area contributed by atoms with Crippen molar-refractivity contribution in [2.45, 2.75) is 12.3 Å². The van der Waals surface area contributed by atoms with Crippen LogP contribution in [0.2, 0.25) is 0 Å². The first kappa shape index (κ1) is 12.2. The first-order valence-electron chi connectivity index (χ1n) is 5.91. The Bertz CT molecular complexity index is 805. The predicted molar refractivity (Wildman–Crippen MR) is 67.9 cm³/mol. The summed E-state index contributed by atoms with van der Waals surface area (Å²) in [5.74, 6) is -1.42. The number of phenols is 1. The number of aromatic amines is 2. The number of para-hydroxylation sites is 1. The maximum absolute atomic E-state index is 11.9. The van der Waals surface area contributed by atoms with Crippen molar-refractivity contribution in [2.75, 3.05) is 0 Å². The average molecular weight is 274 g/mol. The molecule has 1 aliphatic rings. The number of carbonyl (C=O) groups is 1. The molecular weight excluding hydrogens is 264 g/mol. The second-order valence-electron chi connectivity index (χ2n) is 4.44. The van der Waals surface area contributed by atoms with Gasteiger partial charge in [-0.2, -0.15) is 0 Å². The zero-order valence-electron chi connectivity index (χ0n) is 10.2. The molecule has 20 heavy (non-hydrogen) atoms. The molecule has 102 valence electrons. The molecule has 2 aromatic rings. The normalized spacial score (nSPS) is 17.4. The Morgan fingerprint density at radius 3 is 2.65 bits per heavy atom. The van der Waals surface area contributed by atoms with Crippen LogP contribution in [0, 0.1) is 0 Å². The number of aromatic hydroxyl groups is 1. The van der Waals surface area contributed by atoms with Gasteiger partial charge < -0.3 is 9.84 Å². The molecule has 0 radical (unpaired) electrons. The molecule has 1 atom stereocenters. The van der Waals surface area contributed by atoms with Crippen LogP contribution < -0.4 is 16.0 Å². The van der Waals surface area contributed by atoms with Gasteiger partial charge in [0.2, 0.25) is 5.88 Å². The van der Waals surface area contributed by atoms with Crippen LogP contribution in [-0.4, -0.2) is 21.0 Å². The molecule has 3 rings (SSSR count). The van der Waals surface area contributed by atoms with Crippen molar-refractivity contribution in [3.8, 4) is 11.6 Å². The molecule has 3 N–H and O–H groups in total. The van der Waals surface area contributed by atoms with Crippen molar-refractivity contribution < 1.29 is 14.6 Å². The summed E-state index contributed by atoms with van der Waals surface area (Å²) in [7, 11) is 0. The van der Waals surface area contributed by atoms with Gasteiger partial charge in [0.15, 0.2) is 0 Å². The quantitative estimate of drug-likeness (QED) is 0.643. The van der Waals surface area contributed by atoms with E-state index in [0.29, 0.717) is 5.56 Å². The summed E-state index contributed by atoms with van der Waals surface area (Å²) in [6.07, 6.45) is -0.0836. The van der Waals surface area contributed by atoms with E-state index in [-0.39, 0.29) is 23.6 Å². The van der Waals surface area contributed by atoms with E-state index in [0.717, 1.165) is 0 Å². The number of rotatable bonds is 1. The van der Waals surface area contributed by atoms with Crippen LogP contribution in [0.15, 0.2) is 33.9 Å². The minimum atomic E-state index is -0.750. The summed E-state index contributed by atoms with van der Waals surface area (Å²) >= 11 is 0. The Morgan fingerprint density at radius 2 is 1.90 bits per heavy atom. The number of aromatic nitrogens is 2. The van der Waals surface area contributed by atoms with Gasteiger partial charge in [-0.15, -0.1) is 0 Å². The minimum absolute atomic E-state index is 0.0243. The Hall–Kier alpha value is -2.83. The van der Waals surface area contributed by atoms with Gasteiger partial charge in [0.05, 0.1) is 12.0 Å². The molecule has 0 spiro atoms. The third-order valence-electron chi connectivity index (χ3n) is 3.19. The molecule has 2 heterocycles. The molecule has 1 aromatic carbocycles. The Balaban J connectivity index is 2.26. The number of carbonyl (C=O) groups excluding carboxylic acids is 1. The van der Waals surface area contributed by atoms with E-state index >= 15 is 0 Å². The number of phenolic OH excluding ortho intramolecular Hbond substituents is 1. The Kier molecular flexibility index (Phi) is 2.67. The van der Waals surface area contributed by atoms with Crippen LogP contribution in [0.5, 0.6) is 11.6 Å². The second-order valence-corrected chi connectivity index (χ2v) is 4.44. The van der Waals surface area contributed by atoms with Gasteiger partial charge in [-0.25, -0.2) is 4.79 Å². The maximum atomic E-state index is 11.9. The van der Waals surface area contributed by atoms with Crippen molar-refractivity contribution in [1.29, 1.82) is 0 Å². The number of fused-ring (bicyclic) bond motifs is 1. The number of H-pyrrole nitrogens is 2. The third-order valence-corrected chi connectivity index (χ3v) is 3.19. The van der Waals surface area contributed by atoms with Gasteiger partial charge in [0.1, 0.15) is 5.75 Å². The molecule has 1 unspecified atom stereocenters. The molecular formula is C13H10N2O5. The topological polar surface area (TPSA) is 112 Å². The summed E-state index contributed by atoms with van der Waals surface area (Å²) in [4.78, 5) is 39.1. The van der Waals surface area contributed by atoms with Gasteiger partial charge in [0, 0.05) is 11.5 Å². The number of esters is 1. The summed E-state index contributed by atoms with van der Waals surface area (Å²) in [6.45, 7) is 0. The minimum Gasteiger partial charge on any atom is -0.508 e. The van der Waals surface area contributed by atoms with Crippen molar-refractivity contribution in [3.63, 3.8) is 0 Å². The van der Waals surface area contributed by atoms with Crippen LogP contribution >= 0.6 is 0 Å². The smallest absolute Gasteiger partial charge is 0.328 e. The molecule has 0 saturated carbocycles. The third kappa shape index (κ3) is 1.89. The molecule has 0 amide bonds. The summed E-state index contributed by atoms with van der Waals surface area (Å²) < 4.78 is 4.89. The fraction of sp³-hybridized carbons (Fsp3) is 0.154. The molecule has 0 fully saturated rings. The standard InChI is InChI=1S/C13H10N2O5/c16-8-4-2-1-3-6(8)7-5-9(17)20-12-10(7)11(18)14-13(19)15-12/h1-4,7,16H,5H2,(H2,14,15,18,19). The van der Waals surface area contributed by atoms with E-state index in [9.17, 15) is 19.5 Å². The van der Waals surface area contributed by atoms with Gasteiger partial charge in [-0.3, -0.25) is 19.6 Å². The van der Waals surface area contributed by atoms with Gasteiger partial charge in [-0.05, 0) is 6.07 Å². The van der Waals surface area contributed by atoms with Crippen molar-refractivity contribution in [2.24, 2.45) is 0 Å². The van der Waals surface area contributed by atoms with E-state index in [1.807, 2.05) is 0 Å². The van der Waals surface area contributed by atoms with Gasteiger partial charge in [-0.1, -0.05) is 18.2 Å². The molecule has 7 heteroatoms. The second kappa shape index (κ2) is 4.37. The monoisotopic (exact) mass is 274 g/mol. The first-order valence-corrected chi connectivity index (χ1v) is 5.91. The largest absolute Gasteiger partial charge is 0.508 e. The van der Waals surface area contributed by atoms with Crippen LogP contribution in [-0.2, 0) is 4.79 Å². The van der Waals surface area contributed by atoms with Crippen molar-refractivity contribution in [3.05, 3.63) is 56.2 Å². The number of hydrogen-bond donors (Lipinski definition) is 3. The van der Waals surface area contributed by atoms with Gasteiger partial charge >= 0.3 is 11.7 Å². The van der Waals surface area contributed by atoms with Crippen LogP contribution in [0.3, 0.4) is 0 Å². The molecule has 7 nitrogen and oxygen atoms in total. The van der Waals surface area contributed by atoms with E-state index in [4.69, 9.17) is 4.74 Å². The lowest BCUT2D eigenvalue weighted by Gasteiger charge is -2.23. The van der Waals surface area contributed by atoms with Gasteiger partial charge in [0.25, 0.3) is 5.56 Å². The lowest BCUT2D eigenvalue weighted by molar-refractivity contribution is -0.136. The fourth-order valence-corrected chi connectivity index (χ4v) is 2.34. The van der Waals surface area contributed by atoms with Crippen LogP contribution in [0.1, 0.15) is 23.5 Å². The maximum Gasteiger partial charge on any atom is 0.328 e. The molecule has 1 aliphatic heterocycles. The van der Waals surface area contributed by atoms with E-state index in [1.165, 1.54) is 6.07 Å². The van der Waals surface area contributed by atoms with Crippen molar-refractivity contribution in [1.82, 2.24) is 9.97 Å². The highest BCUT2D eigenvalue weighted by Crippen LogP contribution is 2.38. The number of benzene rings is 1. The lowest BCUT2D eigenvalue weighted by atomic mass is 9.88. The number of nitrogens with one attached hydrogen (secondary N) is 2. The SMILES string of the molecule is O=C1CC(c2ccccc2O)c2c([nH]c(=O)[nH]c2=O)O1. The summed E-state index contributed by atoms with van der Waals surface area (Å²) in [5, 5.41) is 9.88. The lowest BCUT2D eigenvalue weighted by Crippen LogP contribution is -2.33. The molecule has 0 aliphatic carbocycles. The number of ether oxygens (including phenoxy) is 1.